The molecule has 0 atom stereocenters. The third kappa shape index (κ3) is 2.53. The molecule has 84 valence electrons. The number of anilines is 1. The van der Waals surface area contributed by atoms with Crippen LogP contribution in [0.15, 0.2) is 42.1 Å². The van der Waals surface area contributed by atoms with E-state index in [9.17, 15) is 0 Å². The van der Waals surface area contributed by atoms with Gasteiger partial charge >= 0.3 is 0 Å². The molecule has 0 saturated carbocycles. The van der Waals surface area contributed by atoms with Crippen LogP contribution in [0.4, 0.5) is 5.69 Å². The number of nitrogens with two attached hydrogens (primary N) is 2. The molecule has 0 spiro atoms. The Morgan fingerprint density at radius 1 is 1.00 bits per heavy atom. The van der Waals surface area contributed by atoms with E-state index in [0.29, 0.717) is 0 Å². The van der Waals surface area contributed by atoms with Crippen LogP contribution in [-0.4, -0.2) is 1.43 Å². The van der Waals surface area contributed by atoms with Gasteiger partial charge in [0, 0.05) is 17.8 Å². The van der Waals surface area contributed by atoms with Gasteiger partial charge < -0.3 is 11.5 Å². The Kier molecular flexibility index (Phi) is 3.48. The summed E-state index contributed by atoms with van der Waals surface area (Å²) in [5.41, 5.74) is 15.9. The van der Waals surface area contributed by atoms with Gasteiger partial charge in [0.2, 0.25) is 0 Å². The lowest BCUT2D eigenvalue weighted by Crippen LogP contribution is -2.23. The minimum absolute atomic E-state index is 0.0129. The molecule has 4 heteroatoms. The molecule has 4 N–H and O–H groups in total. The summed E-state index contributed by atoms with van der Waals surface area (Å²) < 4.78 is -0.0129. The van der Waals surface area contributed by atoms with Gasteiger partial charge in [-0.05, 0) is 29.3 Å². The third-order valence-corrected chi connectivity index (χ3v) is 4.59. The molecule has 0 heterocycles. The smallest absolute Gasteiger partial charge is 0.116 e. The first-order valence-electron chi connectivity index (χ1n) is 4.89. The van der Waals surface area contributed by atoms with Gasteiger partial charge in [0.15, 0.2) is 0 Å². The van der Waals surface area contributed by atoms with E-state index >= 15 is 0 Å². The van der Waals surface area contributed by atoms with Gasteiger partial charge in [0.05, 0.1) is 0 Å². The molecule has 0 aromatic heterocycles. The van der Waals surface area contributed by atoms with E-state index in [2.05, 4.69) is 63.4 Å². The Morgan fingerprint density at radius 3 is 2.19 bits per heavy atom. The van der Waals surface area contributed by atoms with E-state index in [1.54, 1.807) is 0 Å². The van der Waals surface area contributed by atoms with Crippen molar-refractivity contribution in [2.45, 2.75) is 7.85 Å². The zero-order valence-corrected chi connectivity index (χ0v) is 12.9. The Morgan fingerprint density at radius 2 is 1.62 bits per heavy atom. The number of allylic oxidation sites excluding steroid dienone is 4. The molecule has 0 aliphatic heterocycles. The van der Waals surface area contributed by atoms with Crippen molar-refractivity contribution in [3.63, 3.8) is 0 Å². The summed E-state index contributed by atoms with van der Waals surface area (Å²) in [5.74, 6) is 0. The summed E-state index contributed by atoms with van der Waals surface area (Å²) in [5, 5.41) is 0. The van der Waals surface area contributed by atoms with Crippen molar-refractivity contribution >= 4 is 56.4 Å². The van der Waals surface area contributed by atoms with Crippen LogP contribution in [0.2, 0.25) is 0 Å². The first kappa shape index (κ1) is 12.2. The summed E-state index contributed by atoms with van der Waals surface area (Å²) >= 11 is 4.79. The highest BCUT2D eigenvalue weighted by molar-refractivity contribution is 14.2. The number of rotatable bonds is 1. The Bertz CT molecular complexity index is 458. The number of halogens is 2. The molecular formula is C12H12I2N2. The van der Waals surface area contributed by atoms with E-state index < -0.39 is 0 Å². The maximum absolute atomic E-state index is 5.96. The van der Waals surface area contributed by atoms with Gasteiger partial charge in [-0.25, -0.2) is 0 Å². The average molecular weight is 438 g/mol. The highest BCUT2D eigenvalue weighted by Crippen LogP contribution is 2.44. The minimum atomic E-state index is -0.0129. The molecule has 0 fully saturated rings. The fourth-order valence-electron chi connectivity index (χ4n) is 1.61. The molecular weight excluding hydrogens is 426 g/mol. The predicted molar refractivity (Wildman–Crippen MR) is 86.5 cm³/mol. The van der Waals surface area contributed by atoms with Gasteiger partial charge in [0.1, 0.15) is 1.43 Å². The Hall–Kier alpha value is -0.240. The molecule has 2 nitrogen and oxygen atoms in total. The topological polar surface area (TPSA) is 52.0 Å². The molecule has 1 aromatic carbocycles. The van der Waals surface area contributed by atoms with Crippen LogP contribution in [0, 0.1) is 0 Å². The van der Waals surface area contributed by atoms with Crippen molar-refractivity contribution in [3.8, 4) is 0 Å². The normalized spacial score (nSPS) is 18.9. The number of nitrogen functional groups attached to an aromatic ring is 1. The van der Waals surface area contributed by atoms with E-state index in [-0.39, 0.29) is 1.43 Å². The molecule has 16 heavy (non-hydrogen) atoms. The second-order valence-corrected chi connectivity index (χ2v) is 9.56. The lowest BCUT2D eigenvalue weighted by molar-refractivity contribution is 0.985. The highest BCUT2D eigenvalue weighted by Gasteiger charge is 2.29. The van der Waals surface area contributed by atoms with Crippen molar-refractivity contribution in [1.29, 1.82) is 0 Å². The summed E-state index contributed by atoms with van der Waals surface area (Å²) in [4.78, 5) is 0. The summed E-state index contributed by atoms with van der Waals surface area (Å²) in [7, 11) is 0. The van der Waals surface area contributed by atoms with Crippen LogP contribution >= 0.6 is 45.2 Å². The number of alkyl halides is 2. The molecule has 0 radical (unpaired) electrons. The summed E-state index contributed by atoms with van der Waals surface area (Å²) in [6.45, 7) is 0. The molecule has 0 unspecified atom stereocenters. The fraction of sp³-hybridized carbons (Fsp3) is 0.167. The SMILES string of the molecule is NC1=CC=C(c2ccc(N)cc2)CC1(I)I. The van der Waals surface area contributed by atoms with E-state index in [1.165, 1.54) is 11.1 Å². The van der Waals surface area contributed by atoms with Crippen LogP contribution in [0.1, 0.15) is 12.0 Å². The quantitative estimate of drug-likeness (QED) is 0.401. The summed E-state index contributed by atoms with van der Waals surface area (Å²) in [6.07, 6.45) is 5.03. The molecule has 1 aromatic rings. The van der Waals surface area contributed by atoms with Gasteiger partial charge in [-0.3, -0.25) is 0 Å². The van der Waals surface area contributed by atoms with Crippen LogP contribution < -0.4 is 11.5 Å². The van der Waals surface area contributed by atoms with E-state index in [0.717, 1.165) is 17.8 Å². The van der Waals surface area contributed by atoms with Crippen LogP contribution in [0.5, 0.6) is 0 Å². The van der Waals surface area contributed by atoms with Crippen molar-refractivity contribution < 1.29 is 0 Å². The fourth-order valence-corrected chi connectivity index (χ4v) is 2.79. The standard InChI is InChI=1S/C12H12I2N2/c13-12(14)7-9(3-6-11(12)16)8-1-4-10(15)5-2-8/h1-6H,7,15-16H2. The predicted octanol–water partition coefficient (Wildman–Crippen LogP) is 3.46. The molecule has 1 aliphatic carbocycles. The molecule has 1 aliphatic rings. The monoisotopic (exact) mass is 438 g/mol. The van der Waals surface area contributed by atoms with Crippen molar-refractivity contribution in [1.82, 2.24) is 0 Å². The average Bonchev–Trinajstić information content (AvgIpc) is 2.23. The number of hydrogen-bond donors (Lipinski definition) is 2. The Balaban J connectivity index is 2.34. The third-order valence-electron chi connectivity index (χ3n) is 2.58. The molecule has 0 saturated heterocycles. The Labute approximate surface area is 122 Å². The molecule has 2 rings (SSSR count). The molecule has 0 amide bonds. The van der Waals surface area contributed by atoms with Gasteiger partial charge in [-0.2, -0.15) is 0 Å². The van der Waals surface area contributed by atoms with Crippen molar-refractivity contribution in [3.05, 3.63) is 47.7 Å². The zero-order chi connectivity index (χ0) is 11.8. The van der Waals surface area contributed by atoms with Crippen LogP contribution in [0.25, 0.3) is 5.57 Å². The van der Waals surface area contributed by atoms with Crippen molar-refractivity contribution in [2.75, 3.05) is 5.73 Å². The summed E-state index contributed by atoms with van der Waals surface area (Å²) in [6, 6.07) is 7.97. The van der Waals surface area contributed by atoms with Crippen molar-refractivity contribution in [2.24, 2.45) is 5.73 Å². The molecule has 0 bridgehead atoms. The zero-order valence-electron chi connectivity index (χ0n) is 8.58. The second-order valence-electron chi connectivity index (χ2n) is 3.82. The largest absolute Gasteiger partial charge is 0.400 e. The van der Waals surface area contributed by atoms with Gasteiger partial charge in [-0.15, -0.1) is 0 Å². The maximum Gasteiger partial charge on any atom is 0.116 e. The van der Waals surface area contributed by atoms with Gasteiger partial charge in [-0.1, -0.05) is 63.4 Å². The number of benzene rings is 1. The maximum atomic E-state index is 5.96. The minimum Gasteiger partial charge on any atom is -0.400 e. The van der Waals surface area contributed by atoms with E-state index in [4.69, 9.17) is 11.5 Å². The highest BCUT2D eigenvalue weighted by atomic mass is 127. The first-order valence-corrected chi connectivity index (χ1v) is 7.05. The number of hydrogen-bond acceptors (Lipinski definition) is 2. The van der Waals surface area contributed by atoms with Gasteiger partial charge in [0.25, 0.3) is 0 Å². The first-order chi connectivity index (χ1) is 7.49. The lowest BCUT2D eigenvalue weighted by atomic mass is 9.96. The van der Waals surface area contributed by atoms with Crippen LogP contribution in [0.3, 0.4) is 0 Å². The van der Waals surface area contributed by atoms with Crippen LogP contribution in [-0.2, 0) is 0 Å². The van der Waals surface area contributed by atoms with E-state index in [1.807, 2.05) is 18.2 Å². The lowest BCUT2D eigenvalue weighted by Gasteiger charge is -2.26. The second kappa shape index (κ2) is 4.56.